The van der Waals surface area contributed by atoms with Crippen LogP contribution in [0.5, 0.6) is 0 Å². The van der Waals surface area contributed by atoms with Crippen LogP contribution in [0.15, 0.2) is 60.8 Å². The number of halogens is 1. The number of hydrogen-bond donors (Lipinski definition) is 3. The Morgan fingerprint density at radius 2 is 1.75 bits per heavy atom. The molecular weight excluding hydrogens is 515 g/mol. The first-order valence-electron chi connectivity index (χ1n) is 10.4. The van der Waals surface area contributed by atoms with Crippen LogP contribution in [0.3, 0.4) is 0 Å². The second kappa shape index (κ2) is 11.1. The molecule has 0 aliphatic rings. The Kier molecular flexibility index (Phi) is 8.21. The fourth-order valence-corrected chi connectivity index (χ4v) is 3.76. The monoisotopic (exact) mass is 542 g/mol. The molecule has 0 atom stereocenters. The van der Waals surface area contributed by atoms with Crippen molar-refractivity contribution in [2.75, 3.05) is 12.4 Å². The Balaban J connectivity index is 1.72. The van der Waals surface area contributed by atoms with Gasteiger partial charge in [0.15, 0.2) is 0 Å². The molecule has 1 aromatic heterocycles. The molecule has 0 bridgehead atoms. The van der Waals surface area contributed by atoms with E-state index in [1.54, 1.807) is 25.4 Å². The van der Waals surface area contributed by atoms with Crippen molar-refractivity contribution in [2.24, 2.45) is 0 Å². The maximum absolute atomic E-state index is 12.9. The number of alkyl halides is 1. The predicted octanol–water partition coefficient (Wildman–Crippen LogP) is 5.17. The zero-order chi connectivity index (χ0) is 23.1. The summed E-state index contributed by atoms with van der Waals surface area (Å²) in [7, 11) is 1.60. The molecule has 3 rings (SSSR count). The predicted molar refractivity (Wildman–Crippen MR) is 137 cm³/mol. The molecule has 0 unspecified atom stereocenters. The molecule has 2 aromatic carbocycles. The Hall–Kier alpha value is -2.94. The van der Waals surface area contributed by atoms with Crippen LogP contribution >= 0.6 is 22.6 Å². The van der Waals surface area contributed by atoms with Gasteiger partial charge in [-0.25, -0.2) is 4.98 Å². The standard InChI is InChI=1S/C25H27IN4O2/c1-16(2)21-12-23(30-20-6-4-5-18(11-20)13-26)28-15-22(21)25(32)29-14-17-7-9-19(10-8-17)24(31)27-3/h4-12,15-16H,13-14H2,1-3H3,(H,27,31)(H,28,30)(H,29,32). The van der Waals surface area contributed by atoms with Gasteiger partial charge in [0.2, 0.25) is 0 Å². The number of anilines is 2. The lowest BCUT2D eigenvalue weighted by atomic mass is 9.98. The summed E-state index contributed by atoms with van der Waals surface area (Å²) in [5, 5.41) is 8.89. The number of hydrogen-bond acceptors (Lipinski definition) is 4. The minimum Gasteiger partial charge on any atom is -0.355 e. The van der Waals surface area contributed by atoms with Crippen molar-refractivity contribution in [3.63, 3.8) is 0 Å². The van der Waals surface area contributed by atoms with Gasteiger partial charge in [-0.1, -0.05) is 60.7 Å². The summed E-state index contributed by atoms with van der Waals surface area (Å²) in [4.78, 5) is 29.0. The number of benzene rings is 2. The van der Waals surface area contributed by atoms with Crippen LogP contribution in [0.25, 0.3) is 0 Å². The molecule has 0 spiro atoms. The average Bonchev–Trinajstić information content (AvgIpc) is 2.82. The van der Waals surface area contributed by atoms with E-state index in [0.717, 1.165) is 21.2 Å². The molecule has 32 heavy (non-hydrogen) atoms. The van der Waals surface area contributed by atoms with Crippen LogP contribution in [0, 0.1) is 0 Å². The average molecular weight is 542 g/mol. The van der Waals surface area contributed by atoms with Crippen molar-refractivity contribution in [3.05, 3.63) is 88.6 Å². The molecule has 0 fully saturated rings. The summed E-state index contributed by atoms with van der Waals surface area (Å²) in [6.45, 7) is 4.49. The van der Waals surface area contributed by atoms with Crippen molar-refractivity contribution in [2.45, 2.75) is 30.7 Å². The Morgan fingerprint density at radius 3 is 2.41 bits per heavy atom. The quantitative estimate of drug-likeness (QED) is 0.271. The Bertz CT molecular complexity index is 1100. The normalized spacial score (nSPS) is 10.7. The first-order valence-corrected chi connectivity index (χ1v) is 11.9. The van der Waals surface area contributed by atoms with Gasteiger partial charge in [-0.05, 0) is 52.9 Å². The van der Waals surface area contributed by atoms with Crippen LogP contribution in [0.2, 0.25) is 0 Å². The van der Waals surface area contributed by atoms with E-state index in [0.29, 0.717) is 23.5 Å². The molecule has 0 saturated carbocycles. The third kappa shape index (κ3) is 6.06. The number of nitrogens with zero attached hydrogens (tertiary/aromatic N) is 1. The Labute approximate surface area is 202 Å². The summed E-state index contributed by atoms with van der Waals surface area (Å²) in [5.74, 6) is 0.561. The minimum absolute atomic E-state index is 0.136. The van der Waals surface area contributed by atoms with Gasteiger partial charge in [0.1, 0.15) is 5.82 Å². The van der Waals surface area contributed by atoms with Gasteiger partial charge in [0.05, 0.1) is 5.56 Å². The summed E-state index contributed by atoms with van der Waals surface area (Å²) in [5.41, 5.74) is 5.20. The van der Waals surface area contributed by atoms with E-state index in [1.807, 2.05) is 30.3 Å². The zero-order valence-electron chi connectivity index (χ0n) is 18.4. The maximum Gasteiger partial charge on any atom is 0.253 e. The highest BCUT2D eigenvalue weighted by Crippen LogP contribution is 2.24. The van der Waals surface area contributed by atoms with Gasteiger partial charge >= 0.3 is 0 Å². The van der Waals surface area contributed by atoms with Crippen molar-refractivity contribution in [3.8, 4) is 0 Å². The van der Waals surface area contributed by atoms with E-state index in [1.165, 1.54) is 5.56 Å². The number of nitrogens with one attached hydrogen (secondary N) is 3. The maximum atomic E-state index is 12.9. The fourth-order valence-electron chi connectivity index (χ4n) is 3.28. The number of carbonyl (C=O) groups excluding carboxylic acids is 2. The smallest absolute Gasteiger partial charge is 0.253 e. The molecule has 0 radical (unpaired) electrons. The molecule has 2 amide bonds. The van der Waals surface area contributed by atoms with Crippen molar-refractivity contribution in [1.82, 2.24) is 15.6 Å². The van der Waals surface area contributed by atoms with Crippen LogP contribution in [-0.2, 0) is 11.0 Å². The summed E-state index contributed by atoms with van der Waals surface area (Å²) in [6.07, 6.45) is 1.63. The molecule has 0 aliphatic carbocycles. The van der Waals surface area contributed by atoms with Crippen molar-refractivity contribution < 1.29 is 9.59 Å². The van der Waals surface area contributed by atoms with E-state index in [-0.39, 0.29) is 17.7 Å². The van der Waals surface area contributed by atoms with Gasteiger partial charge in [-0.2, -0.15) is 0 Å². The van der Waals surface area contributed by atoms with Gasteiger partial charge in [-0.3, -0.25) is 9.59 Å². The molecule has 0 aliphatic heterocycles. The highest BCUT2D eigenvalue weighted by atomic mass is 127. The van der Waals surface area contributed by atoms with E-state index in [2.05, 4.69) is 69.5 Å². The SMILES string of the molecule is CNC(=O)c1ccc(CNC(=O)c2cnc(Nc3cccc(CI)c3)cc2C(C)C)cc1. The van der Waals surface area contributed by atoms with E-state index in [9.17, 15) is 9.59 Å². The molecule has 6 nitrogen and oxygen atoms in total. The Morgan fingerprint density at radius 1 is 1.00 bits per heavy atom. The van der Waals surface area contributed by atoms with Crippen LogP contribution in [-0.4, -0.2) is 23.8 Å². The molecule has 3 N–H and O–H groups in total. The molecule has 1 heterocycles. The highest BCUT2D eigenvalue weighted by molar-refractivity contribution is 14.1. The second-order valence-corrected chi connectivity index (χ2v) is 8.49. The van der Waals surface area contributed by atoms with Gasteiger partial charge < -0.3 is 16.0 Å². The van der Waals surface area contributed by atoms with Crippen LogP contribution in [0.4, 0.5) is 11.5 Å². The van der Waals surface area contributed by atoms with Crippen LogP contribution in [0.1, 0.15) is 57.2 Å². The third-order valence-electron chi connectivity index (χ3n) is 5.05. The molecule has 7 heteroatoms. The third-order valence-corrected chi connectivity index (χ3v) is 5.93. The summed E-state index contributed by atoms with van der Waals surface area (Å²) >= 11 is 2.34. The molecule has 0 saturated heterocycles. The molecular formula is C25H27IN4O2. The highest BCUT2D eigenvalue weighted by Gasteiger charge is 2.16. The van der Waals surface area contributed by atoms with Crippen LogP contribution < -0.4 is 16.0 Å². The minimum atomic E-state index is -0.171. The number of pyridine rings is 1. The van der Waals surface area contributed by atoms with Crippen molar-refractivity contribution >= 4 is 45.9 Å². The number of aromatic nitrogens is 1. The number of rotatable bonds is 8. The second-order valence-electron chi connectivity index (χ2n) is 7.73. The summed E-state index contributed by atoms with van der Waals surface area (Å²) in [6, 6.07) is 17.3. The number of carbonyl (C=O) groups is 2. The summed E-state index contributed by atoms with van der Waals surface area (Å²) < 4.78 is 0.936. The molecule has 166 valence electrons. The first-order chi connectivity index (χ1) is 15.4. The van der Waals surface area contributed by atoms with Crippen molar-refractivity contribution in [1.29, 1.82) is 0 Å². The first kappa shape index (κ1) is 23.7. The number of amides is 2. The van der Waals surface area contributed by atoms with Gasteiger partial charge in [0.25, 0.3) is 11.8 Å². The zero-order valence-corrected chi connectivity index (χ0v) is 20.6. The van der Waals surface area contributed by atoms with Gasteiger partial charge in [-0.15, -0.1) is 0 Å². The van der Waals surface area contributed by atoms with E-state index in [4.69, 9.17) is 0 Å². The topological polar surface area (TPSA) is 83.1 Å². The lowest BCUT2D eigenvalue weighted by Crippen LogP contribution is -2.24. The van der Waals surface area contributed by atoms with E-state index < -0.39 is 0 Å². The largest absolute Gasteiger partial charge is 0.355 e. The van der Waals surface area contributed by atoms with Gasteiger partial charge in [0, 0.05) is 35.5 Å². The fraction of sp³-hybridized carbons (Fsp3) is 0.240. The lowest BCUT2D eigenvalue weighted by Gasteiger charge is -2.15. The lowest BCUT2D eigenvalue weighted by molar-refractivity contribution is 0.0944. The van der Waals surface area contributed by atoms with E-state index >= 15 is 0 Å². The molecule has 3 aromatic rings.